The molecule has 0 aromatic rings. The molecule has 3 fully saturated rings. The van der Waals surface area contributed by atoms with E-state index in [2.05, 4.69) is 18.5 Å². The highest BCUT2D eigenvalue weighted by atomic mass is 16.6. The van der Waals surface area contributed by atoms with Gasteiger partial charge in [-0.1, -0.05) is 25.0 Å². The van der Waals surface area contributed by atoms with Crippen molar-refractivity contribution in [3.63, 3.8) is 0 Å². The molecule has 0 radical (unpaired) electrons. The lowest BCUT2D eigenvalue weighted by Gasteiger charge is -2.42. The fourth-order valence-corrected chi connectivity index (χ4v) is 6.22. The highest BCUT2D eigenvalue weighted by Gasteiger charge is 2.49. The van der Waals surface area contributed by atoms with E-state index in [1.165, 1.54) is 0 Å². The normalized spacial score (nSPS) is 25.0. The average molecular weight is 518 g/mol. The van der Waals surface area contributed by atoms with Crippen molar-refractivity contribution >= 4 is 17.9 Å². The van der Waals surface area contributed by atoms with E-state index in [1.54, 1.807) is 12.0 Å². The van der Waals surface area contributed by atoms with Crippen LogP contribution in [0.2, 0.25) is 0 Å². The third kappa shape index (κ3) is 6.75. The Kier molecular flexibility index (Phi) is 9.48. The highest BCUT2D eigenvalue weighted by Crippen LogP contribution is 2.42. The summed E-state index contributed by atoms with van der Waals surface area (Å²) in [5.41, 5.74) is -1.52. The second-order valence-electron chi connectivity index (χ2n) is 12.1. The molecular weight excluding hydrogens is 470 g/mol. The summed E-state index contributed by atoms with van der Waals surface area (Å²) in [7, 11) is 1.64. The fourth-order valence-electron chi connectivity index (χ4n) is 6.22. The predicted octanol–water partition coefficient (Wildman–Crippen LogP) is 4.45. The van der Waals surface area contributed by atoms with Crippen LogP contribution in [0.5, 0.6) is 0 Å². The molecule has 0 aromatic carbocycles. The molecule has 8 heteroatoms. The SMILES string of the molecule is C=CCCC1(C(=O)N2C[C@H](NC(=O)C3(CC=C)CCCC3)[C@H](OC)C2)CCN(C(=O)OC(C)(C)C)CC1. The van der Waals surface area contributed by atoms with Gasteiger partial charge in [0.15, 0.2) is 0 Å². The van der Waals surface area contributed by atoms with Crippen LogP contribution in [0.25, 0.3) is 0 Å². The van der Waals surface area contributed by atoms with E-state index >= 15 is 0 Å². The molecule has 0 spiro atoms. The number of amides is 3. The van der Waals surface area contributed by atoms with Gasteiger partial charge < -0.3 is 24.6 Å². The van der Waals surface area contributed by atoms with Gasteiger partial charge in [0.05, 0.1) is 23.0 Å². The van der Waals surface area contributed by atoms with E-state index in [0.717, 1.165) is 32.1 Å². The van der Waals surface area contributed by atoms with E-state index < -0.39 is 16.4 Å². The molecule has 208 valence electrons. The Bertz CT molecular complexity index is 850. The van der Waals surface area contributed by atoms with Gasteiger partial charge in [0, 0.05) is 33.3 Å². The molecule has 3 aliphatic rings. The number of hydrogen-bond acceptors (Lipinski definition) is 5. The van der Waals surface area contributed by atoms with Crippen LogP contribution in [0.1, 0.15) is 78.6 Å². The quantitative estimate of drug-likeness (QED) is 0.457. The van der Waals surface area contributed by atoms with Gasteiger partial charge in [-0.2, -0.15) is 0 Å². The molecule has 8 nitrogen and oxygen atoms in total. The number of hydrogen-bond donors (Lipinski definition) is 1. The van der Waals surface area contributed by atoms with Gasteiger partial charge in [0.1, 0.15) is 5.60 Å². The first-order valence-corrected chi connectivity index (χ1v) is 13.8. The third-order valence-electron chi connectivity index (χ3n) is 8.40. The molecule has 0 aromatic heterocycles. The number of allylic oxidation sites excluding steroid dienone is 2. The molecule has 3 amide bonds. The topological polar surface area (TPSA) is 88.2 Å². The van der Waals surface area contributed by atoms with Crippen LogP contribution < -0.4 is 5.32 Å². The minimum Gasteiger partial charge on any atom is -0.444 e. The second-order valence-corrected chi connectivity index (χ2v) is 12.1. The third-order valence-corrected chi connectivity index (χ3v) is 8.40. The number of rotatable bonds is 9. The number of likely N-dealkylation sites (tertiary alicyclic amines) is 2. The van der Waals surface area contributed by atoms with E-state index in [9.17, 15) is 14.4 Å². The van der Waals surface area contributed by atoms with Gasteiger partial charge in [0.25, 0.3) is 0 Å². The van der Waals surface area contributed by atoms with Crippen LogP contribution in [-0.2, 0) is 19.1 Å². The summed E-state index contributed by atoms with van der Waals surface area (Å²) >= 11 is 0. The zero-order valence-corrected chi connectivity index (χ0v) is 23.4. The zero-order valence-electron chi connectivity index (χ0n) is 23.4. The molecule has 0 bridgehead atoms. The summed E-state index contributed by atoms with van der Waals surface area (Å²) in [6.07, 6.45) is 10.2. The largest absolute Gasteiger partial charge is 0.444 e. The van der Waals surface area contributed by atoms with Gasteiger partial charge in [-0.05, 0) is 65.7 Å². The van der Waals surface area contributed by atoms with Crippen LogP contribution in [0.4, 0.5) is 4.79 Å². The van der Waals surface area contributed by atoms with Gasteiger partial charge in [-0.25, -0.2) is 4.79 Å². The summed E-state index contributed by atoms with van der Waals surface area (Å²) in [6.45, 7) is 15.1. The molecule has 2 aliphatic heterocycles. The first-order chi connectivity index (χ1) is 17.5. The maximum atomic E-state index is 14.0. The average Bonchev–Trinajstić information content (AvgIpc) is 3.49. The molecule has 1 N–H and O–H groups in total. The molecule has 3 rings (SSSR count). The summed E-state index contributed by atoms with van der Waals surface area (Å²) < 4.78 is 11.3. The first-order valence-electron chi connectivity index (χ1n) is 13.8. The Morgan fingerprint density at radius 3 is 2.16 bits per heavy atom. The molecule has 1 aliphatic carbocycles. The van der Waals surface area contributed by atoms with Crippen LogP contribution in [0, 0.1) is 10.8 Å². The fraction of sp³-hybridized carbons (Fsp3) is 0.759. The Hall–Kier alpha value is -2.35. The van der Waals surface area contributed by atoms with Crippen molar-refractivity contribution in [3.8, 4) is 0 Å². The minimum absolute atomic E-state index is 0.0540. The lowest BCUT2D eigenvalue weighted by atomic mass is 9.73. The van der Waals surface area contributed by atoms with Crippen molar-refractivity contribution in [2.75, 3.05) is 33.3 Å². The number of ether oxygens (including phenoxy) is 2. The zero-order chi connectivity index (χ0) is 27.3. The van der Waals surface area contributed by atoms with Gasteiger partial charge in [-0.3, -0.25) is 9.59 Å². The van der Waals surface area contributed by atoms with Crippen molar-refractivity contribution < 1.29 is 23.9 Å². The van der Waals surface area contributed by atoms with Gasteiger partial charge in [0.2, 0.25) is 11.8 Å². The number of piperidine rings is 1. The maximum Gasteiger partial charge on any atom is 0.410 e. The van der Waals surface area contributed by atoms with Crippen molar-refractivity contribution in [1.29, 1.82) is 0 Å². The number of methoxy groups -OCH3 is 1. The van der Waals surface area contributed by atoms with Crippen molar-refractivity contribution in [2.24, 2.45) is 10.8 Å². The molecule has 2 saturated heterocycles. The maximum absolute atomic E-state index is 14.0. The number of carbonyl (C=O) groups is 3. The lowest BCUT2D eigenvalue weighted by molar-refractivity contribution is -0.145. The van der Waals surface area contributed by atoms with Crippen molar-refractivity contribution in [1.82, 2.24) is 15.1 Å². The van der Waals surface area contributed by atoms with Crippen LogP contribution in [-0.4, -0.2) is 78.7 Å². The summed E-state index contributed by atoms with van der Waals surface area (Å²) in [4.78, 5) is 43.6. The molecular formula is C29H47N3O5. The van der Waals surface area contributed by atoms with Crippen molar-refractivity contribution in [2.45, 2.75) is 96.3 Å². The standard InChI is InChI=1S/C29H47N3O5/c1-7-9-13-29(16-18-31(19-17-29)26(35)37-27(3,4)5)25(34)32-20-22(23(21-32)36-6)30-24(33)28(12-8-2)14-10-11-15-28/h7-8,22-23H,1-2,9-21H2,3-6H3,(H,30,33)/t22-,23+/m0/s1. The Labute approximate surface area is 222 Å². The Morgan fingerprint density at radius 2 is 1.62 bits per heavy atom. The second kappa shape index (κ2) is 12.0. The van der Waals surface area contributed by atoms with E-state index in [0.29, 0.717) is 51.9 Å². The highest BCUT2D eigenvalue weighted by molar-refractivity contribution is 5.85. The molecule has 0 unspecified atom stereocenters. The van der Waals surface area contributed by atoms with Crippen LogP contribution in [0.15, 0.2) is 25.3 Å². The van der Waals surface area contributed by atoms with Gasteiger partial charge in [-0.15, -0.1) is 13.2 Å². The molecule has 1 saturated carbocycles. The van der Waals surface area contributed by atoms with E-state index in [-0.39, 0.29) is 30.1 Å². The van der Waals surface area contributed by atoms with E-state index in [1.807, 2.05) is 37.8 Å². The van der Waals surface area contributed by atoms with Gasteiger partial charge >= 0.3 is 6.09 Å². The Morgan fingerprint density at radius 1 is 0.973 bits per heavy atom. The molecule has 2 atom stereocenters. The number of nitrogens with one attached hydrogen (secondary N) is 1. The first kappa shape index (κ1) is 29.2. The smallest absolute Gasteiger partial charge is 0.410 e. The minimum atomic E-state index is -0.570. The predicted molar refractivity (Wildman–Crippen MR) is 144 cm³/mol. The van der Waals surface area contributed by atoms with Crippen LogP contribution >= 0.6 is 0 Å². The monoisotopic (exact) mass is 517 g/mol. The van der Waals surface area contributed by atoms with Crippen LogP contribution in [0.3, 0.4) is 0 Å². The Balaban J connectivity index is 1.69. The lowest BCUT2D eigenvalue weighted by Crippen LogP contribution is -2.52. The van der Waals surface area contributed by atoms with Crippen molar-refractivity contribution in [3.05, 3.63) is 25.3 Å². The number of nitrogens with zero attached hydrogens (tertiary/aromatic N) is 2. The van der Waals surface area contributed by atoms with E-state index in [4.69, 9.17) is 9.47 Å². The number of carbonyl (C=O) groups excluding carboxylic acids is 3. The summed E-state index contributed by atoms with van der Waals surface area (Å²) in [5, 5.41) is 3.24. The summed E-state index contributed by atoms with van der Waals surface area (Å²) in [5.74, 6) is 0.136. The molecule has 37 heavy (non-hydrogen) atoms. The summed E-state index contributed by atoms with van der Waals surface area (Å²) in [6, 6.07) is -0.248. The molecule has 2 heterocycles.